The van der Waals surface area contributed by atoms with E-state index in [1.807, 2.05) is 12.2 Å². The number of phenols is 1. The lowest BCUT2D eigenvalue weighted by molar-refractivity contribution is -0.118. The molecule has 0 saturated heterocycles. The normalized spacial score (nSPS) is 10.4. The molecule has 4 nitrogen and oxygen atoms in total. The molecule has 0 aliphatic rings. The lowest BCUT2D eigenvalue weighted by Crippen LogP contribution is -2.19. The topological polar surface area (TPSA) is 58.6 Å². The Bertz CT molecular complexity index is 399. The molecular weight excluding hydrogens is 206 g/mol. The van der Waals surface area contributed by atoms with Crippen molar-refractivity contribution in [1.82, 2.24) is 5.32 Å². The number of aromatic hydroxyl groups is 1. The maximum atomic E-state index is 10.6. The third kappa shape index (κ3) is 3.65. The molecule has 0 spiro atoms. The van der Waals surface area contributed by atoms with Gasteiger partial charge in [0.15, 0.2) is 0 Å². The summed E-state index contributed by atoms with van der Waals surface area (Å²) >= 11 is 0. The second-order valence-electron chi connectivity index (χ2n) is 3.27. The molecule has 0 heterocycles. The standard InChI is InChI=1S/C12H15NO3/c1-9(14)13-7-3-4-10-5-6-11(15)8-12(10)16-2/h3-6,8,15H,7H2,1-2H3,(H,13,14). The molecule has 0 saturated carbocycles. The van der Waals surface area contributed by atoms with Gasteiger partial charge in [0.25, 0.3) is 0 Å². The summed E-state index contributed by atoms with van der Waals surface area (Å²) in [5.74, 6) is 0.692. The number of amides is 1. The van der Waals surface area contributed by atoms with Crippen LogP contribution in [0.15, 0.2) is 24.3 Å². The zero-order valence-corrected chi connectivity index (χ0v) is 9.36. The first-order valence-corrected chi connectivity index (χ1v) is 4.91. The van der Waals surface area contributed by atoms with Crippen molar-refractivity contribution in [1.29, 1.82) is 0 Å². The molecule has 86 valence electrons. The molecule has 1 aromatic carbocycles. The minimum atomic E-state index is -0.0673. The van der Waals surface area contributed by atoms with Crippen LogP contribution in [0.3, 0.4) is 0 Å². The van der Waals surface area contributed by atoms with Crippen LogP contribution < -0.4 is 10.1 Å². The summed E-state index contributed by atoms with van der Waals surface area (Å²) in [5, 5.41) is 11.9. The fourth-order valence-corrected chi connectivity index (χ4v) is 1.23. The summed E-state index contributed by atoms with van der Waals surface area (Å²) in [6.07, 6.45) is 3.64. The van der Waals surface area contributed by atoms with E-state index in [2.05, 4.69) is 5.32 Å². The van der Waals surface area contributed by atoms with Gasteiger partial charge in [0.1, 0.15) is 11.5 Å². The van der Waals surface area contributed by atoms with Gasteiger partial charge in [-0.25, -0.2) is 0 Å². The van der Waals surface area contributed by atoms with Crippen LogP contribution in [-0.2, 0) is 4.79 Å². The first-order chi connectivity index (χ1) is 7.63. The highest BCUT2D eigenvalue weighted by molar-refractivity contribution is 5.73. The molecule has 0 aliphatic heterocycles. The first kappa shape index (κ1) is 12.1. The van der Waals surface area contributed by atoms with E-state index in [0.717, 1.165) is 5.56 Å². The zero-order chi connectivity index (χ0) is 12.0. The van der Waals surface area contributed by atoms with Crippen molar-refractivity contribution >= 4 is 12.0 Å². The van der Waals surface area contributed by atoms with E-state index in [1.165, 1.54) is 13.0 Å². The summed E-state index contributed by atoms with van der Waals surface area (Å²) < 4.78 is 5.11. The van der Waals surface area contributed by atoms with Gasteiger partial charge in [-0.1, -0.05) is 12.2 Å². The highest BCUT2D eigenvalue weighted by Gasteiger charge is 2.00. The van der Waals surface area contributed by atoms with Crippen molar-refractivity contribution in [3.63, 3.8) is 0 Å². The molecule has 0 bridgehead atoms. The predicted molar refractivity (Wildman–Crippen MR) is 62.4 cm³/mol. The van der Waals surface area contributed by atoms with Crippen LogP contribution in [0.25, 0.3) is 6.08 Å². The Morgan fingerprint density at radius 3 is 2.94 bits per heavy atom. The van der Waals surface area contributed by atoms with Crippen LogP contribution in [0.4, 0.5) is 0 Å². The van der Waals surface area contributed by atoms with Crippen molar-refractivity contribution < 1.29 is 14.6 Å². The van der Waals surface area contributed by atoms with Crippen molar-refractivity contribution in [2.45, 2.75) is 6.92 Å². The summed E-state index contributed by atoms with van der Waals surface area (Å²) in [6, 6.07) is 4.87. The van der Waals surface area contributed by atoms with Crippen LogP contribution in [0.1, 0.15) is 12.5 Å². The molecule has 16 heavy (non-hydrogen) atoms. The van der Waals surface area contributed by atoms with E-state index in [9.17, 15) is 9.90 Å². The fourth-order valence-electron chi connectivity index (χ4n) is 1.23. The van der Waals surface area contributed by atoms with Crippen molar-refractivity contribution in [3.05, 3.63) is 29.8 Å². The van der Waals surface area contributed by atoms with Crippen LogP contribution in [0, 0.1) is 0 Å². The molecule has 0 radical (unpaired) electrons. The Morgan fingerprint density at radius 1 is 1.56 bits per heavy atom. The van der Waals surface area contributed by atoms with Crippen LogP contribution in [0.2, 0.25) is 0 Å². The molecule has 0 atom stereocenters. The van der Waals surface area contributed by atoms with Crippen molar-refractivity contribution in [3.8, 4) is 11.5 Å². The summed E-state index contributed by atoms with van der Waals surface area (Å²) in [4.78, 5) is 10.6. The summed E-state index contributed by atoms with van der Waals surface area (Å²) in [7, 11) is 1.54. The van der Waals surface area contributed by atoms with E-state index in [1.54, 1.807) is 19.2 Å². The lowest BCUT2D eigenvalue weighted by Gasteiger charge is -2.04. The Balaban J connectivity index is 2.69. The second kappa shape index (κ2) is 5.80. The second-order valence-corrected chi connectivity index (χ2v) is 3.27. The molecule has 1 rings (SSSR count). The van der Waals surface area contributed by atoms with Gasteiger partial charge in [-0.3, -0.25) is 4.79 Å². The van der Waals surface area contributed by atoms with Gasteiger partial charge in [-0.2, -0.15) is 0 Å². The van der Waals surface area contributed by atoms with Gasteiger partial charge in [0.05, 0.1) is 7.11 Å². The number of nitrogens with one attached hydrogen (secondary N) is 1. The van der Waals surface area contributed by atoms with Crippen molar-refractivity contribution in [2.75, 3.05) is 13.7 Å². The minimum Gasteiger partial charge on any atom is -0.508 e. The number of ether oxygens (including phenoxy) is 1. The predicted octanol–water partition coefficient (Wildman–Crippen LogP) is 1.55. The number of hydrogen-bond acceptors (Lipinski definition) is 3. The maximum Gasteiger partial charge on any atom is 0.217 e. The van der Waals surface area contributed by atoms with Gasteiger partial charge in [-0.05, 0) is 12.1 Å². The molecule has 1 aromatic rings. The van der Waals surface area contributed by atoms with E-state index in [-0.39, 0.29) is 11.7 Å². The highest BCUT2D eigenvalue weighted by atomic mass is 16.5. The van der Waals surface area contributed by atoms with Crippen LogP contribution in [0.5, 0.6) is 11.5 Å². The highest BCUT2D eigenvalue weighted by Crippen LogP contribution is 2.24. The molecule has 2 N–H and O–H groups in total. The average molecular weight is 221 g/mol. The number of hydrogen-bond donors (Lipinski definition) is 2. The van der Waals surface area contributed by atoms with Gasteiger partial charge >= 0.3 is 0 Å². The third-order valence-electron chi connectivity index (χ3n) is 1.98. The van der Waals surface area contributed by atoms with Gasteiger partial charge < -0.3 is 15.2 Å². The Labute approximate surface area is 94.6 Å². The Kier molecular flexibility index (Phi) is 4.39. The number of phenolic OH excluding ortho intramolecular Hbond substituents is 1. The molecular formula is C12H15NO3. The quantitative estimate of drug-likeness (QED) is 0.811. The number of carbonyl (C=O) groups excluding carboxylic acids is 1. The maximum absolute atomic E-state index is 10.6. The molecule has 0 fully saturated rings. The fraction of sp³-hybridized carbons (Fsp3) is 0.250. The number of benzene rings is 1. The third-order valence-corrected chi connectivity index (χ3v) is 1.98. The molecule has 4 heteroatoms. The zero-order valence-electron chi connectivity index (χ0n) is 9.36. The van der Waals surface area contributed by atoms with Crippen molar-refractivity contribution in [2.24, 2.45) is 0 Å². The lowest BCUT2D eigenvalue weighted by atomic mass is 10.2. The monoisotopic (exact) mass is 221 g/mol. The minimum absolute atomic E-state index is 0.0673. The van der Waals surface area contributed by atoms with Gasteiger partial charge in [-0.15, -0.1) is 0 Å². The SMILES string of the molecule is COc1cc(O)ccc1C=CCNC(C)=O. The van der Waals surface area contributed by atoms with Crippen LogP contribution >= 0.6 is 0 Å². The summed E-state index contributed by atoms with van der Waals surface area (Å²) in [6.45, 7) is 1.94. The van der Waals surface area contributed by atoms with E-state index < -0.39 is 0 Å². The number of rotatable bonds is 4. The van der Waals surface area contributed by atoms with Gasteiger partial charge in [0.2, 0.25) is 5.91 Å². The average Bonchev–Trinajstić information content (AvgIpc) is 2.25. The smallest absolute Gasteiger partial charge is 0.217 e. The Hall–Kier alpha value is -1.97. The molecule has 0 aliphatic carbocycles. The number of methoxy groups -OCH3 is 1. The largest absolute Gasteiger partial charge is 0.508 e. The van der Waals surface area contributed by atoms with E-state index in [4.69, 9.17) is 4.74 Å². The molecule has 1 amide bonds. The van der Waals surface area contributed by atoms with Crippen LogP contribution in [-0.4, -0.2) is 24.7 Å². The molecule has 0 aromatic heterocycles. The number of carbonyl (C=O) groups is 1. The van der Waals surface area contributed by atoms with E-state index >= 15 is 0 Å². The summed E-state index contributed by atoms with van der Waals surface area (Å²) in [5.41, 5.74) is 0.852. The Morgan fingerprint density at radius 2 is 2.31 bits per heavy atom. The van der Waals surface area contributed by atoms with E-state index in [0.29, 0.717) is 12.3 Å². The van der Waals surface area contributed by atoms with Gasteiger partial charge in [0, 0.05) is 25.1 Å². The first-order valence-electron chi connectivity index (χ1n) is 4.91. The molecule has 0 unspecified atom stereocenters.